The van der Waals surface area contributed by atoms with Crippen LogP contribution in [0.15, 0.2) is 140 Å². The molecule has 0 radical (unpaired) electrons. The Morgan fingerprint density at radius 2 is 0.974 bits per heavy atom. The van der Waals surface area contributed by atoms with E-state index in [1.54, 1.807) is 0 Å². The van der Waals surface area contributed by atoms with Gasteiger partial charge in [-0.05, 0) is 58.7 Å². The zero-order valence-electron chi connectivity index (χ0n) is 21.7. The van der Waals surface area contributed by atoms with Crippen LogP contribution >= 0.6 is 0 Å². The maximum absolute atomic E-state index is 2.48. The van der Waals surface area contributed by atoms with Crippen molar-refractivity contribution in [3.8, 4) is 27.9 Å². The molecule has 8 aromatic rings. The molecule has 2 heterocycles. The van der Waals surface area contributed by atoms with Gasteiger partial charge in [-0.15, -0.1) is 0 Å². The van der Waals surface area contributed by atoms with E-state index in [4.69, 9.17) is 0 Å². The van der Waals surface area contributed by atoms with E-state index in [0.717, 1.165) is 0 Å². The fraction of sp³-hybridized carbons (Fsp3) is 0.0270. The lowest BCUT2D eigenvalue weighted by Crippen LogP contribution is -1.96. The maximum Gasteiger partial charge on any atom is 0.0641 e. The SMILES string of the molecule is Cn1c2ccccc2c2c1ccc1c3ccccc3n(-c3cc(-c4ccccc4)cc(-c4ccccc4)c3)c12. The number of hydrogen-bond donors (Lipinski definition) is 0. The summed E-state index contributed by atoms with van der Waals surface area (Å²) in [5, 5.41) is 5.13. The summed E-state index contributed by atoms with van der Waals surface area (Å²) in [6.07, 6.45) is 0. The summed E-state index contributed by atoms with van der Waals surface area (Å²) >= 11 is 0. The fourth-order valence-electron chi connectivity index (χ4n) is 6.30. The maximum atomic E-state index is 2.48. The Morgan fingerprint density at radius 1 is 0.410 bits per heavy atom. The van der Waals surface area contributed by atoms with Crippen molar-refractivity contribution in [3.05, 3.63) is 140 Å². The predicted molar refractivity (Wildman–Crippen MR) is 166 cm³/mol. The Kier molecular flexibility index (Phi) is 4.77. The molecule has 2 aromatic heterocycles. The zero-order valence-corrected chi connectivity index (χ0v) is 21.7. The molecule has 2 nitrogen and oxygen atoms in total. The quantitative estimate of drug-likeness (QED) is 0.229. The van der Waals surface area contributed by atoms with Crippen LogP contribution in [0.5, 0.6) is 0 Å². The molecule has 0 spiro atoms. The fourth-order valence-corrected chi connectivity index (χ4v) is 6.30. The van der Waals surface area contributed by atoms with E-state index in [1.165, 1.54) is 71.6 Å². The Morgan fingerprint density at radius 3 is 1.64 bits per heavy atom. The summed E-state index contributed by atoms with van der Waals surface area (Å²) in [6.45, 7) is 0. The van der Waals surface area contributed by atoms with Gasteiger partial charge in [0.15, 0.2) is 0 Å². The van der Waals surface area contributed by atoms with Crippen LogP contribution in [0.1, 0.15) is 0 Å². The second-order valence-electron chi connectivity index (χ2n) is 10.3. The molecule has 0 bridgehead atoms. The molecule has 0 atom stereocenters. The predicted octanol–water partition coefficient (Wildman–Crippen LogP) is 9.76. The van der Waals surface area contributed by atoms with Crippen LogP contribution in [0.4, 0.5) is 0 Å². The minimum Gasteiger partial charge on any atom is -0.344 e. The van der Waals surface area contributed by atoms with Gasteiger partial charge in [0.2, 0.25) is 0 Å². The summed E-state index contributed by atoms with van der Waals surface area (Å²) < 4.78 is 4.81. The van der Waals surface area contributed by atoms with Gasteiger partial charge in [0, 0.05) is 39.8 Å². The van der Waals surface area contributed by atoms with Crippen molar-refractivity contribution in [1.29, 1.82) is 0 Å². The molecule has 39 heavy (non-hydrogen) atoms. The van der Waals surface area contributed by atoms with Gasteiger partial charge in [0.05, 0.1) is 16.6 Å². The normalized spacial score (nSPS) is 11.7. The lowest BCUT2D eigenvalue weighted by Gasteiger charge is -2.14. The van der Waals surface area contributed by atoms with Gasteiger partial charge in [0.25, 0.3) is 0 Å². The van der Waals surface area contributed by atoms with Crippen LogP contribution in [-0.4, -0.2) is 9.13 Å². The first kappa shape index (κ1) is 22.0. The Hall–Kier alpha value is -5.08. The molecular formula is C37H26N2. The lowest BCUT2D eigenvalue weighted by molar-refractivity contribution is 1.01. The van der Waals surface area contributed by atoms with E-state index in [-0.39, 0.29) is 0 Å². The van der Waals surface area contributed by atoms with E-state index in [0.29, 0.717) is 0 Å². The smallest absolute Gasteiger partial charge is 0.0641 e. The van der Waals surface area contributed by atoms with Crippen molar-refractivity contribution in [1.82, 2.24) is 9.13 Å². The van der Waals surface area contributed by atoms with Gasteiger partial charge in [0.1, 0.15) is 0 Å². The van der Waals surface area contributed by atoms with Crippen LogP contribution in [0.2, 0.25) is 0 Å². The minimum atomic E-state index is 1.17. The second-order valence-corrected chi connectivity index (χ2v) is 10.3. The van der Waals surface area contributed by atoms with E-state index in [1.807, 2.05) is 0 Å². The van der Waals surface area contributed by atoms with Crippen LogP contribution < -0.4 is 0 Å². The average Bonchev–Trinajstić information content (AvgIpc) is 3.50. The minimum absolute atomic E-state index is 1.17. The van der Waals surface area contributed by atoms with Gasteiger partial charge in [-0.3, -0.25) is 0 Å². The van der Waals surface area contributed by atoms with E-state index < -0.39 is 0 Å². The Bertz CT molecular complexity index is 2110. The first-order valence-corrected chi connectivity index (χ1v) is 13.4. The highest BCUT2D eigenvalue weighted by Crippen LogP contribution is 2.41. The van der Waals surface area contributed by atoms with E-state index in [9.17, 15) is 0 Å². The molecule has 0 aliphatic heterocycles. The third kappa shape index (κ3) is 3.28. The standard InChI is InChI=1S/C37H26N2/c1-38-33-18-10-9-17-32(33)36-35(38)21-20-31-30-16-8-11-19-34(30)39(37(31)36)29-23-27(25-12-4-2-5-13-25)22-28(24-29)26-14-6-3-7-15-26/h2-24H,1H3. The van der Waals surface area contributed by atoms with Crippen molar-refractivity contribution in [2.45, 2.75) is 0 Å². The van der Waals surface area contributed by atoms with Crippen molar-refractivity contribution in [2.75, 3.05) is 0 Å². The molecule has 0 saturated heterocycles. The summed E-state index contributed by atoms with van der Waals surface area (Å²) in [5.74, 6) is 0. The zero-order chi connectivity index (χ0) is 25.9. The number of rotatable bonds is 3. The Labute approximate surface area is 227 Å². The molecule has 0 unspecified atom stereocenters. The molecule has 184 valence electrons. The lowest BCUT2D eigenvalue weighted by atomic mass is 9.98. The number of hydrogen-bond acceptors (Lipinski definition) is 0. The van der Waals surface area contributed by atoms with Gasteiger partial charge in [-0.2, -0.15) is 0 Å². The van der Waals surface area contributed by atoms with Crippen molar-refractivity contribution < 1.29 is 0 Å². The molecule has 8 rings (SSSR count). The molecule has 0 aliphatic carbocycles. The molecule has 6 aromatic carbocycles. The number of benzene rings is 6. The van der Waals surface area contributed by atoms with Crippen LogP contribution in [0.3, 0.4) is 0 Å². The number of aryl methyl sites for hydroxylation is 1. The van der Waals surface area contributed by atoms with Crippen molar-refractivity contribution >= 4 is 43.6 Å². The summed E-state index contributed by atoms with van der Waals surface area (Å²) in [6, 6.07) is 50.6. The number of aromatic nitrogens is 2. The van der Waals surface area contributed by atoms with Crippen LogP contribution in [-0.2, 0) is 7.05 Å². The third-order valence-corrected chi connectivity index (χ3v) is 8.10. The molecule has 0 saturated carbocycles. The van der Waals surface area contributed by atoms with Crippen molar-refractivity contribution in [3.63, 3.8) is 0 Å². The largest absolute Gasteiger partial charge is 0.344 e. The average molecular weight is 499 g/mol. The third-order valence-electron chi connectivity index (χ3n) is 8.10. The van der Waals surface area contributed by atoms with Crippen molar-refractivity contribution in [2.24, 2.45) is 7.05 Å². The van der Waals surface area contributed by atoms with Gasteiger partial charge >= 0.3 is 0 Å². The summed E-state index contributed by atoms with van der Waals surface area (Å²) in [5.41, 5.74) is 11.0. The topological polar surface area (TPSA) is 9.86 Å². The molecule has 0 aliphatic rings. The van der Waals surface area contributed by atoms with E-state index in [2.05, 4.69) is 156 Å². The second kappa shape index (κ2) is 8.47. The first-order chi connectivity index (χ1) is 19.3. The number of nitrogens with zero attached hydrogens (tertiary/aromatic N) is 2. The summed E-state index contributed by atoms with van der Waals surface area (Å²) in [4.78, 5) is 0. The monoisotopic (exact) mass is 498 g/mol. The molecular weight excluding hydrogens is 472 g/mol. The van der Waals surface area contributed by atoms with Crippen LogP contribution in [0, 0.1) is 0 Å². The number of fused-ring (bicyclic) bond motifs is 7. The highest BCUT2D eigenvalue weighted by atomic mass is 15.0. The summed E-state index contributed by atoms with van der Waals surface area (Å²) in [7, 11) is 2.17. The molecule has 0 N–H and O–H groups in total. The van der Waals surface area contributed by atoms with E-state index >= 15 is 0 Å². The highest BCUT2D eigenvalue weighted by molar-refractivity contribution is 6.25. The highest BCUT2D eigenvalue weighted by Gasteiger charge is 2.19. The number of para-hydroxylation sites is 2. The van der Waals surface area contributed by atoms with Gasteiger partial charge in [-0.1, -0.05) is 103 Å². The molecule has 2 heteroatoms. The van der Waals surface area contributed by atoms with Gasteiger partial charge < -0.3 is 9.13 Å². The van der Waals surface area contributed by atoms with Gasteiger partial charge in [-0.25, -0.2) is 0 Å². The molecule has 0 amide bonds. The van der Waals surface area contributed by atoms with Crippen LogP contribution in [0.25, 0.3) is 71.6 Å². The first-order valence-electron chi connectivity index (χ1n) is 13.4. The molecule has 0 fully saturated rings. The Balaban J connectivity index is 1.56.